The molecule has 0 aliphatic carbocycles. The Morgan fingerprint density at radius 3 is 2.64 bits per heavy atom. The molecule has 1 aromatic heterocycles. The maximum absolute atomic E-state index is 12.6. The Balaban J connectivity index is 1.60. The number of para-hydroxylation sites is 1. The van der Waals surface area contributed by atoms with E-state index in [0.717, 1.165) is 16.6 Å². The highest BCUT2D eigenvalue weighted by atomic mass is 16.2. The summed E-state index contributed by atoms with van der Waals surface area (Å²) in [5, 5.41) is 0.626. The third kappa shape index (κ3) is 4.30. The summed E-state index contributed by atoms with van der Waals surface area (Å²) >= 11 is 0. The van der Waals surface area contributed by atoms with Crippen LogP contribution in [0.4, 0.5) is 0 Å². The normalized spacial score (nSPS) is 11.0. The third-order valence-electron chi connectivity index (χ3n) is 5.18. The van der Waals surface area contributed by atoms with Crippen molar-refractivity contribution in [2.45, 2.75) is 46.7 Å². The minimum Gasteiger partial charge on any atom is -0.341 e. The van der Waals surface area contributed by atoms with Crippen LogP contribution in [0.2, 0.25) is 0 Å². The second-order valence-corrected chi connectivity index (χ2v) is 7.50. The van der Waals surface area contributed by atoms with Crippen molar-refractivity contribution in [2.75, 3.05) is 7.05 Å². The van der Waals surface area contributed by atoms with E-state index in [4.69, 9.17) is 0 Å². The van der Waals surface area contributed by atoms with Gasteiger partial charge in [0.2, 0.25) is 5.91 Å². The van der Waals surface area contributed by atoms with Gasteiger partial charge in [0, 0.05) is 26.6 Å². The van der Waals surface area contributed by atoms with E-state index < -0.39 is 0 Å². The van der Waals surface area contributed by atoms with Crippen molar-refractivity contribution in [3.05, 3.63) is 75.3 Å². The lowest BCUT2D eigenvalue weighted by Gasteiger charge is -2.19. The number of aryl methyl sites for hydroxylation is 4. The lowest BCUT2D eigenvalue weighted by molar-refractivity contribution is -0.130. The van der Waals surface area contributed by atoms with Gasteiger partial charge in [0.05, 0.1) is 17.2 Å². The topological polar surface area (TPSA) is 55.2 Å². The molecule has 0 saturated heterocycles. The number of nitrogens with zero attached hydrogens (tertiary/aromatic N) is 3. The van der Waals surface area contributed by atoms with Crippen molar-refractivity contribution in [3.63, 3.8) is 0 Å². The smallest absolute Gasteiger partial charge is 0.261 e. The van der Waals surface area contributed by atoms with Crippen LogP contribution in [0.3, 0.4) is 0 Å². The van der Waals surface area contributed by atoms with Crippen LogP contribution in [0.25, 0.3) is 10.9 Å². The largest absolute Gasteiger partial charge is 0.341 e. The lowest BCUT2D eigenvalue weighted by atomic mass is 10.1. The predicted molar refractivity (Wildman–Crippen MR) is 112 cm³/mol. The minimum atomic E-state index is -0.0511. The predicted octanol–water partition coefficient (Wildman–Crippen LogP) is 3.76. The number of carbonyl (C=O) groups excluding carboxylic acids is 1. The molecule has 3 aromatic rings. The fourth-order valence-electron chi connectivity index (χ4n) is 3.46. The molecule has 146 valence electrons. The van der Waals surface area contributed by atoms with Gasteiger partial charge in [-0.25, -0.2) is 4.98 Å². The van der Waals surface area contributed by atoms with E-state index in [-0.39, 0.29) is 11.5 Å². The quantitative estimate of drug-likeness (QED) is 0.657. The van der Waals surface area contributed by atoms with Gasteiger partial charge in [0.1, 0.15) is 0 Å². The molecular formula is C23H27N3O2. The maximum atomic E-state index is 12.6. The van der Waals surface area contributed by atoms with Gasteiger partial charge in [-0.1, -0.05) is 35.9 Å². The van der Waals surface area contributed by atoms with Gasteiger partial charge in [0.25, 0.3) is 5.56 Å². The van der Waals surface area contributed by atoms with E-state index in [1.165, 1.54) is 11.1 Å². The number of hydrogen-bond acceptors (Lipinski definition) is 3. The standard InChI is InChI=1S/C23H27N3O2/c1-16-10-11-19(18(3)13-16)14-25(4)21(27)9-6-12-26-15-24-22-17(2)7-5-8-20(22)23(26)28/h5,7-8,10-11,13,15H,6,9,12,14H2,1-4H3. The molecule has 5 nitrogen and oxygen atoms in total. The Morgan fingerprint density at radius 2 is 1.89 bits per heavy atom. The van der Waals surface area contributed by atoms with Crippen LogP contribution in [-0.2, 0) is 17.9 Å². The van der Waals surface area contributed by atoms with Gasteiger partial charge in [-0.15, -0.1) is 0 Å². The van der Waals surface area contributed by atoms with E-state index in [1.54, 1.807) is 21.9 Å². The maximum Gasteiger partial charge on any atom is 0.261 e. The summed E-state index contributed by atoms with van der Waals surface area (Å²) in [5.41, 5.74) is 5.26. The number of rotatable bonds is 6. The molecule has 0 aliphatic heterocycles. The van der Waals surface area contributed by atoms with Crippen molar-refractivity contribution < 1.29 is 4.79 Å². The monoisotopic (exact) mass is 377 g/mol. The van der Waals surface area contributed by atoms with Crippen LogP contribution in [-0.4, -0.2) is 27.4 Å². The van der Waals surface area contributed by atoms with Crippen LogP contribution in [0, 0.1) is 20.8 Å². The molecule has 0 spiro atoms. The van der Waals surface area contributed by atoms with Gasteiger partial charge in [0.15, 0.2) is 0 Å². The minimum absolute atomic E-state index is 0.0511. The Labute approximate surface area is 165 Å². The molecule has 0 unspecified atom stereocenters. The van der Waals surface area contributed by atoms with Crippen LogP contribution in [0.1, 0.15) is 35.1 Å². The SMILES string of the molecule is Cc1ccc(CN(C)C(=O)CCCn2cnc3c(C)cccc3c2=O)c(C)c1. The second-order valence-electron chi connectivity index (χ2n) is 7.50. The van der Waals surface area contributed by atoms with Crippen molar-refractivity contribution in [2.24, 2.45) is 0 Å². The zero-order valence-corrected chi connectivity index (χ0v) is 17.0. The van der Waals surface area contributed by atoms with Crippen molar-refractivity contribution in [3.8, 4) is 0 Å². The highest BCUT2D eigenvalue weighted by Crippen LogP contribution is 2.14. The summed E-state index contributed by atoms with van der Waals surface area (Å²) in [4.78, 5) is 31.3. The van der Waals surface area contributed by atoms with E-state index in [0.29, 0.717) is 31.3 Å². The molecule has 0 aliphatic rings. The summed E-state index contributed by atoms with van der Waals surface area (Å²) < 4.78 is 1.60. The zero-order valence-electron chi connectivity index (χ0n) is 17.0. The first-order valence-corrected chi connectivity index (χ1v) is 9.61. The first-order chi connectivity index (χ1) is 13.4. The van der Waals surface area contributed by atoms with E-state index in [1.807, 2.05) is 26.1 Å². The molecule has 5 heteroatoms. The van der Waals surface area contributed by atoms with E-state index in [2.05, 4.69) is 37.0 Å². The fraction of sp³-hybridized carbons (Fsp3) is 0.348. The average molecular weight is 377 g/mol. The van der Waals surface area contributed by atoms with Gasteiger partial charge in [-0.3, -0.25) is 14.2 Å². The molecule has 0 N–H and O–H groups in total. The molecule has 0 saturated carbocycles. The number of hydrogen-bond donors (Lipinski definition) is 0. The molecule has 2 aromatic carbocycles. The van der Waals surface area contributed by atoms with E-state index >= 15 is 0 Å². The average Bonchev–Trinajstić information content (AvgIpc) is 2.66. The summed E-state index contributed by atoms with van der Waals surface area (Å²) in [6.45, 7) is 7.17. The summed E-state index contributed by atoms with van der Waals surface area (Å²) in [7, 11) is 1.83. The van der Waals surface area contributed by atoms with Gasteiger partial charge in [-0.2, -0.15) is 0 Å². The van der Waals surface area contributed by atoms with Gasteiger partial charge < -0.3 is 4.90 Å². The molecule has 0 radical (unpaired) electrons. The van der Waals surface area contributed by atoms with Crippen LogP contribution < -0.4 is 5.56 Å². The number of aromatic nitrogens is 2. The Morgan fingerprint density at radius 1 is 1.11 bits per heavy atom. The molecule has 0 atom stereocenters. The number of benzene rings is 2. The van der Waals surface area contributed by atoms with Crippen molar-refractivity contribution in [1.29, 1.82) is 0 Å². The van der Waals surface area contributed by atoms with Gasteiger partial charge in [-0.05, 0) is 49.9 Å². The molecule has 1 heterocycles. The summed E-state index contributed by atoms with van der Waals surface area (Å²) in [6.07, 6.45) is 2.59. The molecule has 0 fully saturated rings. The first kappa shape index (κ1) is 19.8. The molecule has 1 amide bonds. The highest BCUT2D eigenvalue weighted by Gasteiger charge is 2.11. The zero-order chi connectivity index (χ0) is 20.3. The third-order valence-corrected chi connectivity index (χ3v) is 5.18. The fourth-order valence-corrected chi connectivity index (χ4v) is 3.46. The summed E-state index contributed by atoms with van der Waals surface area (Å²) in [6, 6.07) is 11.9. The molecule has 3 rings (SSSR count). The van der Waals surface area contributed by atoms with Crippen LogP contribution in [0.5, 0.6) is 0 Å². The van der Waals surface area contributed by atoms with Crippen LogP contribution in [0.15, 0.2) is 47.5 Å². The Hall–Kier alpha value is -2.95. The molecule has 0 bridgehead atoms. The van der Waals surface area contributed by atoms with E-state index in [9.17, 15) is 9.59 Å². The number of fused-ring (bicyclic) bond motifs is 1. The molecule has 28 heavy (non-hydrogen) atoms. The number of carbonyl (C=O) groups is 1. The lowest BCUT2D eigenvalue weighted by Crippen LogP contribution is -2.27. The number of amides is 1. The van der Waals surface area contributed by atoms with Gasteiger partial charge >= 0.3 is 0 Å². The highest BCUT2D eigenvalue weighted by molar-refractivity contribution is 5.80. The molecular weight excluding hydrogens is 350 g/mol. The Kier molecular flexibility index (Phi) is 5.93. The summed E-state index contributed by atoms with van der Waals surface area (Å²) in [5.74, 6) is 0.0811. The Bertz CT molecular complexity index is 1070. The van der Waals surface area contributed by atoms with Crippen LogP contribution >= 0.6 is 0 Å². The van der Waals surface area contributed by atoms with Crippen molar-refractivity contribution in [1.82, 2.24) is 14.5 Å². The second kappa shape index (κ2) is 8.38. The first-order valence-electron chi connectivity index (χ1n) is 9.61. The van der Waals surface area contributed by atoms with Crippen molar-refractivity contribution >= 4 is 16.8 Å².